The summed E-state index contributed by atoms with van der Waals surface area (Å²) >= 11 is 0. The van der Waals surface area contributed by atoms with Crippen LogP contribution in [0.3, 0.4) is 0 Å². The van der Waals surface area contributed by atoms with E-state index in [9.17, 15) is 5.11 Å². The zero-order valence-electron chi connectivity index (χ0n) is 12.1. The summed E-state index contributed by atoms with van der Waals surface area (Å²) in [4.78, 5) is 0. The molecule has 1 aliphatic rings. The van der Waals surface area contributed by atoms with Crippen molar-refractivity contribution in [3.8, 4) is 5.75 Å². The van der Waals surface area contributed by atoms with Gasteiger partial charge in [-0.05, 0) is 48.4 Å². The van der Waals surface area contributed by atoms with Crippen molar-refractivity contribution in [2.24, 2.45) is 5.92 Å². The lowest BCUT2D eigenvalue weighted by Gasteiger charge is -2.32. The molecule has 2 N–H and O–H groups in total. The van der Waals surface area contributed by atoms with Gasteiger partial charge in [-0.15, -0.1) is 0 Å². The average molecular weight is 263 g/mol. The number of nitrogens with one attached hydrogen (secondary N) is 1. The highest BCUT2D eigenvalue weighted by Gasteiger charge is 2.24. The molecule has 2 rings (SSSR count). The Morgan fingerprint density at radius 1 is 1.42 bits per heavy atom. The molecule has 19 heavy (non-hydrogen) atoms. The van der Waals surface area contributed by atoms with Crippen molar-refractivity contribution in [3.05, 3.63) is 29.3 Å². The fourth-order valence-corrected chi connectivity index (χ4v) is 2.83. The van der Waals surface area contributed by atoms with E-state index < -0.39 is 0 Å². The van der Waals surface area contributed by atoms with Crippen molar-refractivity contribution in [1.82, 2.24) is 5.32 Å². The summed E-state index contributed by atoms with van der Waals surface area (Å²) in [5, 5.41) is 13.4. The van der Waals surface area contributed by atoms with Crippen molar-refractivity contribution in [2.45, 2.75) is 45.2 Å². The van der Waals surface area contributed by atoms with E-state index in [1.54, 1.807) is 13.2 Å². The lowest BCUT2D eigenvalue weighted by atomic mass is 9.86. The van der Waals surface area contributed by atoms with Gasteiger partial charge in [-0.3, -0.25) is 0 Å². The van der Waals surface area contributed by atoms with Crippen LogP contribution in [0.1, 0.15) is 43.9 Å². The minimum absolute atomic E-state index is 0.332. The molecule has 0 heterocycles. The molecule has 2 unspecified atom stereocenters. The first-order chi connectivity index (χ1) is 9.11. The number of phenolic OH excluding ortho intramolecular Hbond substituents is 1. The molecule has 1 aliphatic carbocycles. The molecule has 0 fully saturated rings. The van der Waals surface area contributed by atoms with E-state index in [2.05, 4.69) is 25.2 Å². The third-order valence-electron chi connectivity index (χ3n) is 4.01. The third kappa shape index (κ3) is 3.48. The van der Waals surface area contributed by atoms with Crippen molar-refractivity contribution in [3.63, 3.8) is 0 Å². The summed E-state index contributed by atoms with van der Waals surface area (Å²) in [5.74, 6) is 0.892. The Labute approximate surface area is 116 Å². The van der Waals surface area contributed by atoms with Gasteiger partial charge in [0.2, 0.25) is 0 Å². The van der Waals surface area contributed by atoms with Gasteiger partial charge in [0.05, 0.1) is 6.61 Å². The van der Waals surface area contributed by atoms with E-state index in [1.165, 1.54) is 17.5 Å². The van der Waals surface area contributed by atoms with Crippen LogP contribution in [0, 0.1) is 5.92 Å². The number of aromatic hydroxyl groups is 1. The summed E-state index contributed by atoms with van der Waals surface area (Å²) in [5.41, 5.74) is 2.62. The second-order valence-electron chi connectivity index (χ2n) is 5.80. The number of ether oxygens (including phenoxy) is 1. The Morgan fingerprint density at radius 2 is 2.21 bits per heavy atom. The van der Waals surface area contributed by atoms with Crippen LogP contribution in [-0.2, 0) is 11.2 Å². The second-order valence-corrected chi connectivity index (χ2v) is 5.80. The van der Waals surface area contributed by atoms with Crippen LogP contribution in [0.4, 0.5) is 0 Å². The maximum Gasteiger partial charge on any atom is 0.115 e. The molecule has 0 radical (unpaired) electrons. The molecule has 0 aliphatic heterocycles. The summed E-state index contributed by atoms with van der Waals surface area (Å²) in [6, 6.07) is 6.44. The Bertz CT molecular complexity index is 417. The molecule has 1 aromatic rings. The highest BCUT2D eigenvalue weighted by Crippen LogP contribution is 2.32. The number of methoxy groups -OCH3 is 1. The van der Waals surface area contributed by atoms with Gasteiger partial charge in [-0.1, -0.05) is 19.9 Å². The first-order valence-corrected chi connectivity index (χ1v) is 7.18. The maximum atomic E-state index is 9.70. The predicted octanol–water partition coefficient (Wildman–Crippen LogP) is 3.03. The van der Waals surface area contributed by atoms with E-state index in [0.29, 0.717) is 23.8 Å². The summed E-state index contributed by atoms with van der Waals surface area (Å²) in [6.45, 7) is 5.15. The number of hydrogen-bond donors (Lipinski definition) is 2. The fourth-order valence-electron chi connectivity index (χ4n) is 2.83. The topological polar surface area (TPSA) is 41.5 Å². The summed E-state index contributed by atoms with van der Waals surface area (Å²) in [6.07, 6.45) is 3.45. The number of aryl methyl sites for hydroxylation is 1. The summed E-state index contributed by atoms with van der Waals surface area (Å²) in [7, 11) is 1.75. The molecule has 3 nitrogen and oxygen atoms in total. The smallest absolute Gasteiger partial charge is 0.115 e. The Kier molecular flexibility index (Phi) is 4.83. The van der Waals surface area contributed by atoms with Gasteiger partial charge >= 0.3 is 0 Å². The van der Waals surface area contributed by atoms with Gasteiger partial charge in [-0.25, -0.2) is 0 Å². The minimum Gasteiger partial charge on any atom is -0.508 e. The van der Waals surface area contributed by atoms with E-state index >= 15 is 0 Å². The fraction of sp³-hybridized carbons (Fsp3) is 0.625. The van der Waals surface area contributed by atoms with E-state index in [0.717, 1.165) is 19.4 Å². The van der Waals surface area contributed by atoms with Crippen molar-refractivity contribution in [2.75, 3.05) is 13.7 Å². The third-order valence-corrected chi connectivity index (χ3v) is 4.01. The maximum absolute atomic E-state index is 9.70. The summed E-state index contributed by atoms with van der Waals surface area (Å²) < 4.78 is 5.31. The Morgan fingerprint density at radius 3 is 2.89 bits per heavy atom. The molecule has 3 heteroatoms. The molecular weight excluding hydrogens is 238 g/mol. The number of hydrogen-bond acceptors (Lipinski definition) is 3. The van der Waals surface area contributed by atoms with Crippen LogP contribution in [0.15, 0.2) is 18.2 Å². The average Bonchev–Trinajstić information content (AvgIpc) is 2.38. The normalized spacial score (nSPS) is 20.3. The van der Waals surface area contributed by atoms with Crippen LogP contribution >= 0.6 is 0 Å². The van der Waals surface area contributed by atoms with Gasteiger partial charge in [0.15, 0.2) is 0 Å². The predicted molar refractivity (Wildman–Crippen MR) is 77.4 cm³/mol. The Hall–Kier alpha value is -1.06. The molecule has 0 saturated heterocycles. The molecular formula is C16H25NO2. The lowest BCUT2D eigenvalue weighted by Crippen LogP contribution is -2.41. The van der Waals surface area contributed by atoms with Crippen LogP contribution in [0.2, 0.25) is 0 Å². The lowest BCUT2D eigenvalue weighted by molar-refractivity contribution is 0.138. The highest BCUT2D eigenvalue weighted by molar-refractivity contribution is 5.38. The van der Waals surface area contributed by atoms with Gasteiger partial charge in [0.25, 0.3) is 0 Å². The van der Waals surface area contributed by atoms with Gasteiger partial charge in [0, 0.05) is 19.2 Å². The molecule has 1 aromatic carbocycles. The molecule has 0 aromatic heterocycles. The first-order valence-electron chi connectivity index (χ1n) is 7.18. The van der Waals surface area contributed by atoms with Crippen molar-refractivity contribution in [1.29, 1.82) is 0 Å². The van der Waals surface area contributed by atoms with Gasteiger partial charge in [-0.2, -0.15) is 0 Å². The zero-order chi connectivity index (χ0) is 13.8. The SMILES string of the molecule is COCC(NC1CCCc2ccc(O)cc21)C(C)C. The second kappa shape index (κ2) is 6.40. The monoisotopic (exact) mass is 263 g/mol. The number of phenols is 1. The molecule has 106 valence electrons. The molecule has 0 amide bonds. The number of benzene rings is 1. The molecule has 0 bridgehead atoms. The minimum atomic E-state index is 0.332. The van der Waals surface area contributed by atoms with E-state index in [1.807, 2.05) is 6.07 Å². The van der Waals surface area contributed by atoms with E-state index in [4.69, 9.17) is 4.74 Å². The number of rotatable bonds is 5. The van der Waals surface area contributed by atoms with Crippen LogP contribution < -0.4 is 5.32 Å². The van der Waals surface area contributed by atoms with Crippen LogP contribution in [0.5, 0.6) is 5.75 Å². The van der Waals surface area contributed by atoms with Crippen molar-refractivity contribution >= 4 is 0 Å². The van der Waals surface area contributed by atoms with E-state index in [-0.39, 0.29) is 0 Å². The largest absolute Gasteiger partial charge is 0.508 e. The molecule has 2 atom stereocenters. The van der Waals surface area contributed by atoms with Crippen LogP contribution in [-0.4, -0.2) is 24.9 Å². The molecule has 0 spiro atoms. The van der Waals surface area contributed by atoms with Crippen LogP contribution in [0.25, 0.3) is 0 Å². The standard InChI is InChI=1S/C16H25NO2/c1-11(2)16(10-19-3)17-15-6-4-5-12-7-8-13(18)9-14(12)15/h7-9,11,15-18H,4-6,10H2,1-3H3. The highest BCUT2D eigenvalue weighted by atomic mass is 16.5. The molecule has 0 saturated carbocycles. The Balaban J connectivity index is 2.16. The zero-order valence-corrected chi connectivity index (χ0v) is 12.1. The number of fused-ring (bicyclic) bond motifs is 1. The quantitative estimate of drug-likeness (QED) is 0.858. The van der Waals surface area contributed by atoms with Crippen molar-refractivity contribution < 1.29 is 9.84 Å². The van der Waals surface area contributed by atoms with Gasteiger partial charge < -0.3 is 15.2 Å². The van der Waals surface area contributed by atoms with Gasteiger partial charge in [0.1, 0.15) is 5.75 Å². The first kappa shape index (κ1) is 14.4.